The lowest BCUT2D eigenvalue weighted by atomic mass is 10.1. The third kappa shape index (κ3) is 5.64. The van der Waals surface area contributed by atoms with Crippen LogP contribution in [0.5, 0.6) is 5.75 Å². The van der Waals surface area contributed by atoms with Crippen LogP contribution in [-0.2, 0) is 16.0 Å². The number of rotatable bonds is 5. The van der Waals surface area contributed by atoms with E-state index in [0.29, 0.717) is 16.3 Å². The average molecular weight is 333 g/mol. The quantitative estimate of drug-likeness (QED) is 0.826. The zero-order chi connectivity index (χ0) is 16.7. The van der Waals surface area contributed by atoms with Crippen LogP contribution in [0.1, 0.15) is 11.1 Å². The van der Waals surface area contributed by atoms with Crippen LogP contribution in [0.4, 0.5) is 0 Å². The van der Waals surface area contributed by atoms with Crippen LogP contribution in [0.15, 0.2) is 48.5 Å². The second-order valence-corrected chi connectivity index (χ2v) is 5.38. The number of carbonyl (C=O) groups is 2. The molecular formula is C17H17ClN2O3. The van der Waals surface area contributed by atoms with Gasteiger partial charge in [-0.2, -0.15) is 0 Å². The number of nitrogens with one attached hydrogen (secondary N) is 2. The maximum atomic E-state index is 11.8. The Morgan fingerprint density at radius 3 is 2.52 bits per heavy atom. The molecule has 23 heavy (non-hydrogen) atoms. The van der Waals surface area contributed by atoms with Crippen molar-refractivity contribution >= 4 is 23.4 Å². The minimum atomic E-state index is -0.445. The number of aryl methyl sites for hydroxylation is 1. The highest BCUT2D eigenvalue weighted by Crippen LogP contribution is 2.15. The van der Waals surface area contributed by atoms with Crippen molar-refractivity contribution in [2.75, 3.05) is 6.61 Å². The molecule has 0 heterocycles. The average Bonchev–Trinajstić information content (AvgIpc) is 2.53. The van der Waals surface area contributed by atoms with E-state index in [4.69, 9.17) is 16.3 Å². The van der Waals surface area contributed by atoms with E-state index < -0.39 is 5.91 Å². The molecule has 120 valence electrons. The summed E-state index contributed by atoms with van der Waals surface area (Å²) in [5, 5.41) is 0.511. The van der Waals surface area contributed by atoms with Crippen molar-refractivity contribution in [1.29, 1.82) is 0 Å². The third-order valence-corrected chi connectivity index (χ3v) is 3.38. The summed E-state index contributed by atoms with van der Waals surface area (Å²) in [6.45, 7) is 1.75. The zero-order valence-electron chi connectivity index (χ0n) is 12.6. The highest BCUT2D eigenvalue weighted by atomic mass is 35.5. The summed E-state index contributed by atoms with van der Waals surface area (Å²) in [5.74, 6) is -0.205. The predicted octanol–water partition coefficient (Wildman–Crippen LogP) is 2.42. The van der Waals surface area contributed by atoms with Gasteiger partial charge in [-0.05, 0) is 36.2 Å². The Morgan fingerprint density at radius 2 is 1.78 bits per heavy atom. The zero-order valence-corrected chi connectivity index (χ0v) is 13.4. The number of ether oxygens (including phenoxy) is 1. The topological polar surface area (TPSA) is 67.4 Å². The molecule has 2 aromatic rings. The molecule has 0 fully saturated rings. The minimum Gasteiger partial charge on any atom is -0.484 e. The fourth-order valence-electron chi connectivity index (χ4n) is 1.89. The summed E-state index contributed by atoms with van der Waals surface area (Å²) in [6.07, 6.45) is 0.0820. The van der Waals surface area contributed by atoms with Crippen molar-refractivity contribution in [1.82, 2.24) is 10.9 Å². The lowest BCUT2D eigenvalue weighted by Crippen LogP contribution is -2.44. The number of halogens is 1. The van der Waals surface area contributed by atoms with Gasteiger partial charge in [0, 0.05) is 5.02 Å². The van der Waals surface area contributed by atoms with E-state index in [-0.39, 0.29) is 18.9 Å². The van der Waals surface area contributed by atoms with Gasteiger partial charge in [0.25, 0.3) is 5.91 Å². The van der Waals surface area contributed by atoms with Crippen LogP contribution in [0.3, 0.4) is 0 Å². The van der Waals surface area contributed by atoms with Crippen molar-refractivity contribution in [2.24, 2.45) is 0 Å². The van der Waals surface area contributed by atoms with Gasteiger partial charge in [-0.25, -0.2) is 0 Å². The van der Waals surface area contributed by atoms with Crippen LogP contribution < -0.4 is 15.6 Å². The van der Waals surface area contributed by atoms with Crippen LogP contribution in [-0.4, -0.2) is 18.4 Å². The Bertz CT molecular complexity index is 704. The number of benzene rings is 2. The number of amides is 2. The van der Waals surface area contributed by atoms with E-state index in [1.807, 2.05) is 25.1 Å². The molecule has 2 N–H and O–H groups in total. The summed E-state index contributed by atoms with van der Waals surface area (Å²) in [7, 11) is 0. The Labute approximate surface area is 139 Å². The van der Waals surface area contributed by atoms with E-state index in [9.17, 15) is 9.59 Å². The first-order valence-electron chi connectivity index (χ1n) is 7.05. The maximum absolute atomic E-state index is 11.8. The van der Waals surface area contributed by atoms with Crippen LogP contribution in [0.25, 0.3) is 0 Å². The molecule has 5 nitrogen and oxygen atoms in total. The summed E-state index contributed by atoms with van der Waals surface area (Å²) in [6, 6.07) is 14.4. The molecular weight excluding hydrogens is 316 g/mol. The van der Waals surface area contributed by atoms with Gasteiger partial charge in [-0.15, -0.1) is 0 Å². The predicted molar refractivity (Wildman–Crippen MR) is 88.1 cm³/mol. The van der Waals surface area contributed by atoms with Gasteiger partial charge < -0.3 is 4.74 Å². The van der Waals surface area contributed by atoms with Gasteiger partial charge in [0.1, 0.15) is 5.75 Å². The molecule has 0 saturated carbocycles. The molecule has 0 aliphatic carbocycles. The molecule has 0 unspecified atom stereocenters. The van der Waals surface area contributed by atoms with Crippen molar-refractivity contribution in [3.63, 3.8) is 0 Å². The number of hydrogen-bond acceptors (Lipinski definition) is 3. The van der Waals surface area contributed by atoms with Crippen LogP contribution >= 0.6 is 11.6 Å². The van der Waals surface area contributed by atoms with E-state index in [1.54, 1.807) is 30.3 Å². The lowest BCUT2D eigenvalue weighted by molar-refractivity contribution is -0.129. The van der Waals surface area contributed by atoms with Crippen molar-refractivity contribution in [2.45, 2.75) is 13.3 Å². The normalized spacial score (nSPS) is 10.0. The van der Waals surface area contributed by atoms with E-state index in [2.05, 4.69) is 10.9 Å². The van der Waals surface area contributed by atoms with E-state index in [0.717, 1.165) is 5.56 Å². The fourth-order valence-corrected chi connectivity index (χ4v) is 2.09. The second kappa shape index (κ2) is 8.19. The monoisotopic (exact) mass is 332 g/mol. The molecule has 0 aliphatic heterocycles. The standard InChI is InChI=1S/C17H17ClN2O3/c1-12-5-4-7-14(9-12)23-11-17(22)20-19-16(21)10-13-6-2-3-8-15(13)18/h2-9H,10-11H2,1H3,(H,19,21)(H,20,22). The molecule has 0 spiro atoms. The van der Waals surface area contributed by atoms with Gasteiger partial charge >= 0.3 is 0 Å². The van der Waals surface area contributed by atoms with Crippen LogP contribution in [0, 0.1) is 6.92 Å². The number of carbonyl (C=O) groups excluding carboxylic acids is 2. The van der Waals surface area contributed by atoms with Crippen LogP contribution in [0.2, 0.25) is 5.02 Å². The summed E-state index contributed by atoms with van der Waals surface area (Å²) in [4.78, 5) is 23.4. The largest absolute Gasteiger partial charge is 0.484 e. The Morgan fingerprint density at radius 1 is 1.04 bits per heavy atom. The highest BCUT2D eigenvalue weighted by molar-refractivity contribution is 6.31. The first kappa shape index (κ1) is 16.8. The molecule has 0 aliphatic rings. The molecule has 6 heteroatoms. The molecule has 0 bridgehead atoms. The van der Waals surface area contributed by atoms with E-state index in [1.165, 1.54) is 0 Å². The van der Waals surface area contributed by atoms with Crippen molar-refractivity contribution in [3.05, 3.63) is 64.7 Å². The molecule has 0 atom stereocenters. The molecule has 0 saturated heterocycles. The van der Waals surface area contributed by atoms with Gasteiger partial charge in [0.2, 0.25) is 5.91 Å². The maximum Gasteiger partial charge on any atom is 0.276 e. The number of hydrazine groups is 1. The molecule has 2 rings (SSSR count). The molecule has 2 amide bonds. The van der Waals surface area contributed by atoms with Gasteiger partial charge in [-0.1, -0.05) is 41.9 Å². The molecule has 0 radical (unpaired) electrons. The van der Waals surface area contributed by atoms with E-state index >= 15 is 0 Å². The first-order valence-corrected chi connectivity index (χ1v) is 7.43. The smallest absolute Gasteiger partial charge is 0.276 e. The molecule has 0 aromatic heterocycles. The second-order valence-electron chi connectivity index (χ2n) is 4.97. The minimum absolute atomic E-state index is 0.0820. The van der Waals surface area contributed by atoms with Crippen molar-refractivity contribution in [3.8, 4) is 5.75 Å². The molecule has 2 aromatic carbocycles. The summed E-state index contributed by atoms with van der Waals surface area (Å²) in [5.41, 5.74) is 6.36. The summed E-state index contributed by atoms with van der Waals surface area (Å²) >= 11 is 5.97. The third-order valence-electron chi connectivity index (χ3n) is 3.01. The van der Waals surface area contributed by atoms with Gasteiger partial charge in [0.15, 0.2) is 6.61 Å². The van der Waals surface area contributed by atoms with Gasteiger partial charge in [0.05, 0.1) is 6.42 Å². The van der Waals surface area contributed by atoms with Crippen molar-refractivity contribution < 1.29 is 14.3 Å². The highest BCUT2D eigenvalue weighted by Gasteiger charge is 2.08. The first-order chi connectivity index (χ1) is 11.0. The Kier molecular flexibility index (Phi) is 6.00. The lowest BCUT2D eigenvalue weighted by Gasteiger charge is -2.09. The summed E-state index contributed by atoms with van der Waals surface area (Å²) < 4.78 is 5.33. The fraction of sp³-hybridized carbons (Fsp3) is 0.176. The Balaban J connectivity index is 1.74. The Hall–Kier alpha value is -2.53. The number of hydrogen-bond donors (Lipinski definition) is 2. The SMILES string of the molecule is Cc1cccc(OCC(=O)NNC(=O)Cc2ccccc2Cl)c1. The van der Waals surface area contributed by atoms with Gasteiger partial charge in [-0.3, -0.25) is 20.4 Å².